The minimum absolute atomic E-state index is 0.0773. The van der Waals surface area contributed by atoms with Crippen LogP contribution < -0.4 is 5.73 Å². The molecule has 0 saturated heterocycles. The standard InChI is InChI=1S/C9H16N4O/c1-3-12(2)9(14)6-13-5-8(4-10)11-7-13/h5,7H,3-4,6,10H2,1-2H3. The normalized spacial score (nSPS) is 10.2. The Morgan fingerprint density at radius 1 is 1.71 bits per heavy atom. The highest BCUT2D eigenvalue weighted by atomic mass is 16.2. The number of likely N-dealkylation sites (N-methyl/N-ethyl adjacent to an activating group) is 1. The van der Waals surface area contributed by atoms with Crippen LogP contribution in [0.15, 0.2) is 12.5 Å². The van der Waals surface area contributed by atoms with Gasteiger partial charge in [-0.2, -0.15) is 0 Å². The minimum atomic E-state index is 0.0773. The van der Waals surface area contributed by atoms with Crippen LogP contribution in [0.1, 0.15) is 12.6 Å². The van der Waals surface area contributed by atoms with Crippen molar-refractivity contribution in [3.05, 3.63) is 18.2 Å². The van der Waals surface area contributed by atoms with Crippen molar-refractivity contribution in [2.24, 2.45) is 5.73 Å². The van der Waals surface area contributed by atoms with Crippen molar-refractivity contribution in [1.29, 1.82) is 0 Å². The van der Waals surface area contributed by atoms with Gasteiger partial charge in [0.1, 0.15) is 6.54 Å². The number of hydrogen-bond donors (Lipinski definition) is 1. The molecule has 0 aliphatic heterocycles. The fraction of sp³-hybridized carbons (Fsp3) is 0.556. The van der Waals surface area contributed by atoms with Crippen LogP contribution in [0.2, 0.25) is 0 Å². The van der Waals surface area contributed by atoms with E-state index in [2.05, 4.69) is 4.98 Å². The van der Waals surface area contributed by atoms with Crippen molar-refractivity contribution in [3.8, 4) is 0 Å². The monoisotopic (exact) mass is 196 g/mol. The first kappa shape index (κ1) is 10.7. The summed E-state index contributed by atoms with van der Waals surface area (Å²) < 4.78 is 1.75. The van der Waals surface area contributed by atoms with Gasteiger partial charge in [-0.15, -0.1) is 0 Å². The van der Waals surface area contributed by atoms with E-state index < -0.39 is 0 Å². The van der Waals surface area contributed by atoms with Crippen LogP contribution in [-0.4, -0.2) is 34.0 Å². The number of nitrogens with zero attached hydrogens (tertiary/aromatic N) is 3. The topological polar surface area (TPSA) is 64.2 Å². The van der Waals surface area contributed by atoms with Gasteiger partial charge < -0.3 is 15.2 Å². The maximum atomic E-state index is 11.5. The smallest absolute Gasteiger partial charge is 0.242 e. The van der Waals surface area contributed by atoms with E-state index in [4.69, 9.17) is 5.73 Å². The number of rotatable bonds is 4. The molecule has 0 aliphatic rings. The molecule has 5 nitrogen and oxygen atoms in total. The molecule has 1 heterocycles. The van der Waals surface area contributed by atoms with Gasteiger partial charge in [0.2, 0.25) is 5.91 Å². The summed E-state index contributed by atoms with van der Waals surface area (Å²) in [6, 6.07) is 0. The van der Waals surface area contributed by atoms with Gasteiger partial charge in [0.15, 0.2) is 0 Å². The van der Waals surface area contributed by atoms with Crippen molar-refractivity contribution in [2.75, 3.05) is 13.6 Å². The molecule has 0 aromatic carbocycles. The Morgan fingerprint density at radius 3 is 2.93 bits per heavy atom. The van der Waals surface area contributed by atoms with E-state index in [0.717, 1.165) is 12.2 Å². The van der Waals surface area contributed by atoms with Crippen LogP contribution in [0, 0.1) is 0 Å². The number of carbonyl (C=O) groups excluding carboxylic acids is 1. The van der Waals surface area contributed by atoms with E-state index in [1.54, 1.807) is 29.0 Å². The zero-order valence-electron chi connectivity index (χ0n) is 8.60. The van der Waals surface area contributed by atoms with Gasteiger partial charge in [-0.1, -0.05) is 0 Å². The van der Waals surface area contributed by atoms with Gasteiger partial charge in [0.25, 0.3) is 0 Å². The third-order valence-electron chi connectivity index (χ3n) is 2.11. The molecule has 0 fully saturated rings. The molecule has 5 heteroatoms. The summed E-state index contributed by atoms with van der Waals surface area (Å²) in [5.41, 5.74) is 6.21. The average Bonchev–Trinajstić information content (AvgIpc) is 2.64. The number of imidazole rings is 1. The molecule has 0 unspecified atom stereocenters. The third kappa shape index (κ3) is 2.56. The Kier molecular flexibility index (Phi) is 3.64. The Bertz CT molecular complexity index is 308. The predicted molar refractivity (Wildman–Crippen MR) is 53.4 cm³/mol. The van der Waals surface area contributed by atoms with Crippen LogP contribution in [0.4, 0.5) is 0 Å². The molecule has 0 atom stereocenters. The van der Waals surface area contributed by atoms with Gasteiger partial charge in [0, 0.05) is 26.3 Å². The highest BCUT2D eigenvalue weighted by molar-refractivity contribution is 5.75. The van der Waals surface area contributed by atoms with Crippen LogP contribution in [0.25, 0.3) is 0 Å². The lowest BCUT2D eigenvalue weighted by Crippen LogP contribution is -2.29. The molecule has 1 rings (SSSR count). The molecule has 1 aromatic heterocycles. The summed E-state index contributed by atoms with van der Waals surface area (Å²) in [6.07, 6.45) is 3.42. The van der Waals surface area contributed by atoms with Crippen molar-refractivity contribution in [3.63, 3.8) is 0 Å². The molecule has 1 amide bonds. The molecule has 0 aliphatic carbocycles. The molecule has 14 heavy (non-hydrogen) atoms. The van der Waals surface area contributed by atoms with E-state index in [0.29, 0.717) is 13.1 Å². The molecule has 0 bridgehead atoms. The Balaban J connectivity index is 2.56. The van der Waals surface area contributed by atoms with Crippen LogP contribution in [-0.2, 0) is 17.9 Å². The van der Waals surface area contributed by atoms with Gasteiger partial charge in [-0.25, -0.2) is 4.98 Å². The van der Waals surface area contributed by atoms with Crippen molar-refractivity contribution in [1.82, 2.24) is 14.5 Å². The van der Waals surface area contributed by atoms with E-state index in [1.165, 1.54) is 0 Å². The molecule has 2 N–H and O–H groups in total. The number of carbonyl (C=O) groups is 1. The zero-order valence-corrected chi connectivity index (χ0v) is 8.60. The summed E-state index contributed by atoms with van der Waals surface area (Å²) in [7, 11) is 1.78. The molecule has 0 spiro atoms. The summed E-state index contributed by atoms with van der Waals surface area (Å²) >= 11 is 0. The minimum Gasteiger partial charge on any atom is -0.344 e. The SMILES string of the molecule is CCN(C)C(=O)Cn1cnc(CN)c1. The van der Waals surface area contributed by atoms with Crippen LogP contribution >= 0.6 is 0 Å². The second-order valence-electron chi connectivity index (χ2n) is 3.15. The van der Waals surface area contributed by atoms with E-state index in [1.807, 2.05) is 6.92 Å². The van der Waals surface area contributed by atoms with Gasteiger partial charge in [-0.3, -0.25) is 4.79 Å². The predicted octanol–water partition coefficient (Wildman–Crippen LogP) is -0.180. The lowest BCUT2D eigenvalue weighted by atomic mass is 10.4. The first-order valence-corrected chi connectivity index (χ1v) is 4.62. The summed E-state index contributed by atoms with van der Waals surface area (Å²) in [6.45, 7) is 3.40. The quantitative estimate of drug-likeness (QED) is 0.726. The van der Waals surface area contributed by atoms with Gasteiger partial charge >= 0.3 is 0 Å². The second-order valence-corrected chi connectivity index (χ2v) is 3.15. The summed E-state index contributed by atoms with van der Waals surface area (Å²) in [5.74, 6) is 0.0773. The molecule has 0 radical (unpaired) electrons. The third-order valence-corrected chi connectivity index (χ3v) is 2.11. The number of nitrogens with two attached hydrogens (primary N) is 1. The first-order chi connectivity index (χ1) is 6.67. The zero-order chi connectivity index (χ0) is 10.6. The fourth-order valence-electron chi connectivity index (χ4n) is 1.05. The highest BCUT2D eigenvalue weighted by Gasteiger charge is 2.07. The van der Waals surface area contributed by atoms with Crippen molar-refractivity contribution >= 4 is 5.91 Å². The second kappa shape index (κ2) is 4.76. The molecular formula is C9H16N4O. The number of hydrogen-bond acceptors (Lipinski definition) is 3. The van der Waals surface area contributed by atoms with Crippen molar-refractivity contribution in [2.45, 2.75) is 20.0 Å². The van der Waals surface area contributed by atoms with Crippen molar-refractivity contribution < 1.29 is 4.79 Å². The largest absolute Gasteiger partial charge is 0.344 e. The maximum Gasteiger partial charge on any atom is 0.242 e. The first-order valence-electron chi connectivity index (χ1n) is 4.62. The maximum absolute atomic E-state index is 11.5. The Labute approximate surface area is 83.5 Å². The summed E-state index contributed by atoms with van der Waals surface area (Å²) in [5, 5.41) is 0. The molecule has 0 saturated carbocycles. The lowest BCUT2D eigenvalue weighted by molar-refractivity contribution is -0.130. The molecular weight excluding hydrogens is 180 g/mol. The van der Waals surface area contributed by atoms with E-state index in [-0.39, 0.29) is 5.91 Å². The number of amides is 1. The van der Waals surface area contributed by atoms with Crippen LogP contribution in [0.5, 0.6) is 0 Å². The Morgan fingerprint density at radius 2 is 2.43 bits per heavy atom. The van der Waals surface area contributed by atoms with E-state index >= 15 is 0 Å². The van der Waals surface area contributed by atoms with E-state index in [9.17, 15) is 4.79 Å². The number of aromatic nitrogens is 2. The highest BCUT2D eigenvalue weighted by Crippen LogP contribution is 1.96. The molecule has 1 aromatic rings. The summed E-state index contributed by atoms with van der Waals surface area (Å²) in [4.78, 5) is 17.2. The lowest BCUT2D eigenvalue weighted by Gasteiger charge is -2.14. The molecule has 78 valence electrons. The van der Waals surface area contributed by atoms with Gasteiger partial charge in [0.05, 0.1) is 12.0 Å². The Hall–Kier alpha value is -1.36. The fourth-order valence-corrected chi connectivity index (χ4v) is 1.05. The average molecular weight is 196 g/mol. The van der Waals surface area contributed by atoms with Crippen LogP contribution in [0.3, 0.4) is 0 Å². The van der Waals surface area contributed by atoms with Gasteiger partial charge in [-0.05, 0) is 6.92 Å².